The Morgan fingerprint density at radius 2 is 1.85 bits per heavy atom. The van der Waals surface area contributed by atoms with Gasteiger partial charge in [0.25, 0.3) is 5.56 Å². The van der Waals surface area contributed by atoms with Crippen molar-refractivity contribution in [2.45, 2.75) is 13.0 Å². The SMILES string of the molecule is COc1cccc(-n2nnc3c(=O)n(CC(=O)NCCc4ccc(OC)c(OC)c4)cnc32)c1. The minimum atomic E-state index is -0.450. The molecule has 0 aliphatic carbocycles. The van der Waals surface area contributed by atoms with Gasteiger partial charge >= 0.3 is 0 Å². The minimum absolute atomic E-state index is 0.0726. The molecule has 176 valence electrons. The van der Waals surface area contributed by atoms with Crippen LogP contribution < -0.4 is 25.1 Å². The first kappa shape index (κ1) is 22.8. The summed E-state index contributed by atoms with van der Waals surface area (Å²) >= 11 is 0. The highest BCUT2D eigenvalue weighted by molar-refractivity contribution is 5.76. The number of benzene rings is 2. The third-order valence-electron chi connectivity index (χ3n) is 5.23. The summed E-state index contributed by atoms with van der Waals surface area (Å²) in [4.78, 5) is 29.6. The molecule has 4 rings (SSSR count). The predicted octanol–water partition coefficient (Wildman–Crippen LogP) is 1.36. The number of hydrogen-bond donors (Lipinski definition) is 1. The lowest BCUT2D eigenvalue weighted by molar-refractivity contribution is -0.121. The van der Waals surface area contributed by atoms with E-state index in [9.17, 15) is 9.59 Å². The molecule has 0 saturated heterocycles. The van der Waals surface area contributed by atoms with Gasteiger partial charge in [-0.2, -0.15) is 4.68 Å². The maximum Gasteiger partial charge on any atom is 0.284 e. The number of hydrogen-bond acceptors (Lipinski definition) is 8. The van der Waals surface area contributed by atoms with E-state index in [1.807, 2.05) is 18.2 Å². The molecule has 34 heavy (non-hydrogen) atoms. The Labute approximate surface area is 194 Å². The van der Waals surface area contributed by atoms with Gasteiger partial charge in [0.1, 0.15) is 18.6 Å². The van der Waals surface area contributed by atoms with Gasteiger partial charge in [0.2, 0.25) is 5.91 Å². The number of nitrogens with zero attached hydrogens (tertiary/aromatic N) is 5. The summed E-state index contributed by atoms with van der Waals surface area (Å²) < 4.78 is 18.4. The van der Waals surface area contributed by atoms with Gasteiger partial charge in [-0.15, -0.1) is 5.10 Å². The number of methoxy groups -OCH3 is 3. The van der Waals surface area contributed by atoms with Crippen molar-refractivity contribution in [2.24, 2.45) is 0 Å². The summed E-state index contributed by atoms with van der Waals surface area (Å²) in [6.07, 6.45) is 1.91. The van der Waals surface area contributed by atoms with Crippen LogP contribution in [0.1, 0.15) is 5.56 Å². The standard InChI is InChI=1S/C23H24N6O5/c1-32-17-6-4-5-16(12-17)29-22-21(26-27-29)23(31)28(14-25-22)13-20(30)24-10-9-15-7-8-18(33-2)19(11-15)34-3/h4-8,11-12,14H,9-10,13H2,1-3H3,(H,24,30). The Morgan fingerprint density at radius 3 is 2.62 bits per heavy atom. The van der Waals surface area contributed by atoms with Crippen LogP contribution >= 0.6 is 0 Å². The molecule has 11 heteroatoms. The Kier molecular flexibility index (Phi) is 6.72. The van der Waals surface area contributed by atoms with Gasteiger partial charge in [0.15, 0.2) is 22.7 Å². The average molecular weight is 464 g/mol. The second-order valence-electron chi connectivity index (χ2n) is 7.34. The van der Waals surface area contributed by atoms with Crippen molar-refractivity contribution in [2.75, 3.05) is 27.9 Å². The number of rotatable bonds is 9. The van der Waals surface area contributed by atoms with Crippen molar-refractivity contribution >= 4 is 17.1 Å². The molecule has 0 aliphatic rings. The molecular formula is C23H24N6O5. The van der Waals surface area contributed by atoms with E-state index in [0.717, 1.165) is 5.56 Å². The molecule has 0 bridgehead atoms. The lowest BCUT2D eigenvalue weighted by Gasteiger charge is -2.10. The van der Waals surface area contributed by atoms with Crippen LogP contribution in [0.15, 0.2) is 53.6 Å². The van der Waals surface area contributed by atoms with E-state index >= 15 is 0 Å². The summed E-state index contributed by atoms with van der Waals surface area (Å²) in [6, 6.07) is 12.7. The zero-order valence-electron chi connectivity index (χ0n) is 19.0. The highest BCUT2D eigenvalue weighted by Gasteiger charge is 2.15. The zero-order valence-corrected chi connectivity index (χ0v) is 19.0. The molecule has 2 aromatic carbocycles. The van der Waals surface area contributed by atoms with Gasteiger partial charge in [-0.25, -0.2) is 4.98 Å². The van der Waals surface area contributed by atoms with Crippen LogP contribution in [0.4, 0.5) is 0 Å². The van der Waals surface area contributed by atoms with Crippen molar-refractivity contribution < 1.29 is 19.0 Å². The van der Waals surface area contributed by atoms with E-state index in [2.05, 4.69) is 20.6 Å². The summed E-state index contributed by atoms with van der Waals surface area (Å²) in [6.45, 7) is 0.213. The smallest absolute Gasteiger partial charge is 0.284 e. The highest BCUT2D eigenvalue weighted by Crippen LogP contribution is 2.27. The summed E-state index contributed by atoms with van der Waals surface area (Å²) in [7, 11) is 4.71. The maximum atomic E-state index is 12.8. The Bertz CT molecular complexity index is 1380. The molecule has 0 spiro atoms. The third-order valence-corrected chi connectivity index (χ3v) is 5.23. The van der Waals surface area contributed by atoms with Crippen LogP contribution in [0.25, 0.3) is 16.9 Å². The molecule has 4 aromatic rings. The number of fused-ring (bicyclic) bond motifs is 1. The third kappa shape index (κ3) is 4.68. The largest absolute Gasteiger partial charge is 0.497 e. The molecule has 0 fully saturated rings. The van der Waals surface area contributed by atoms with E-state index in [1.54, 1.807) is 45.6 Å². The molecule has 1 amide bonds. The fourth-order valence-electron chi connectivity index (χ4n) is 3.47. The number of nitrogens with one attached hydrogen (secondary N) is 1. The summed E-state index contributed by atoms with van der Waals surface area (Å²) in [5.74, 6) is 1.59. The number of amides is 1. The van der Waals surface area contributed by atoms with Crippen LogP contribution in [-0.4, -0.2) is 58.3 Å². The zero-order chi connectivity index (χ0) is 24.1. The Morgan fingerprint density at radius 1 is 1.03 bits per heavy atom. The van der Waals surface area contributed by atoms with Crippen LogP contribution in [0, 0.1) is 0 Å². The number of ether oxygens (including phenoxy) is 3. The topological polar surface area (TPSA) is 122 Å². The predicted molar refractivity (Wildman–Crippen MR) is 124 cm³/mol. The maximum absolute atomic E-state index is 12.8. The van der Waals surface area contributed by atoms with Gasteiger partial charge in [0.05, 0.1) is 27.0 Å². The molecule has 1 N–H and O–H groups in total. The van der Waals surface area contributed by atoms with Crippen molar-refractivity contribution in [1.29, 1.82) is 0 Å². The first-order chi connectivity index (χ1) is 16.5. The van der Waals surface area contributed by atoms with Crippen molar-refractivity contribution in [3.63, 3.8) is 0 Å². The van der Waals surface area contributed by atoms with Gasteiger partial charge in [0, 0.05) is 12.6 Å². The molecule has 0 unspecified atom stereocenters. The number of carbonyl (C=O) groups is 1. The van der Waals surface area contributed by atoms with Gasteiger partial charge in [-0.1, -0.05) is 17.3 Å². The average Bonchev–Trinajstić information content (AvgIpc) is 3.30. The van der Waals surface area contributed by atoms with Crippen molar-refractivity contribution in [3.05, 3.63) is 64.7 Å². The normalized spacial score (nSPS) is 10.8. The molecule has 2 heterocycles. The number of carbonyl (C=O) groups excluding carboxylic acids is 1. The van der Waals surface area contributed by atoms with Crippen molar-refractivity contribution in [3.8, 4) is 22.9 Å². The van der Waals surface area contributed by atoms with E-state index in [1.165, 1.54) is 15.6 Å². The van der Waals surface area contributed by atoms with Crippen LogP contribution in [-0.2, 0) is 17.8 Å². The monoisotopic (exact) mass is 464 g/mol. The van der Waals surface area contributed by atoms with Gasteiger partial charge < -0.3 is 19.5 Å². The first-order valence-corrected chi connectivity index (χ1v) is 10.5. The van der Waals surface area contributed by atoms with Gasteiger partial charge in [-0.05, 0) is 36.2 Å². The van der Waals surface area contributed by atoms with Crippen molar-refractivity contribution in [1.82, 2.24) is 29.9 Å². The fraction of sp³-hybridized carbons (Fsp3) is 0.261. The van der Waals surface area contributed by atoms with Crippen LogP contribution in [0.5, 0.6) is 17.2 Å². The second kappa shape index (κ2) is 10.0. The highest BCUT2D eigenvalue weighted by atomic mass is 16.5. The van der Waals surface area contributed by atoms with E-state index in [-0.39, 0.29) is 18.0 Å². The lowest BCUT2D eigenvalue weighted by Crippen LogP contribution is -2.33. The molecular weight excluding hydrogens is 440 g/mol. The van der Waals surface area contributed by atoms with E-state index in [4.69, 9.17) is 14.2 Å². The molecule has 11 nitrogen and oxygen atoms in total. The summed E-state index contributed by atoms with van der Waals surface area (Å²) in [5.41, 5.74) is 1.55. The molecule has 0 aliphatic heterocycles. The molecule has 0 radical (unpaired) electrons. The van der Waals surface area contributed by atoms with E-state index in [0.29, 0.717) is 41.5 Å². The minimum Gasteiger partial charge on any atom is -0.497 e. The Hall–Kier alpha value is -4.41. The van der Waals surface area contributed by atoms with Crippen LogP contribution in [0.3, 0.4) is 0 Å². The molecule has 0 atom stereocenters. The molecule has 2 aromatic heterocycles. The number of aromatic nitrogens is 5. The molecule has 0 saturated carbocycles. The summed E-state index contributed by atoms with van der Waals surface area (Å²) in [5, 5.41) is 10.8. The van der Waals surface area contributed by atoms with Gasteiger partial charge in [-0.3, -0.25) is 14.2 Å². The Balaban J connectivity index is 1.43. The quantitative estimate of drug-likeness (QED) is 0.394. The first-order valence-electron chi connectivity index (χ1n) is 10.5. The lowest BCUT2D eigenvalue weighted by atomic mass is 10.1. The van der Waals surface area contributed by atoms with E-state index < -0.39 is 5.56 Å². The van der Waals surface area contributed by atoms with Crippen LogP contribution in [0.2, 0.25) is 0 Å². The second-order valence-corrected chi connectivity index (χ2v) is 7.34. The fourth-order valence-corrected chi connectivity index (χ4v) is 3.47.